The highest BCUT2D eigenvalue weighted by atomic mass is 32.2. The van der Waals surface area contributed by atoms with E-state index in [9.17, 15) is 10.1 Å². The standard InChI is InChI=1S/C25H22N2O2S/c1-29-21-11-9-18(10-12-21)22-14-24(19-5-3-2-4-6-19)27-25(23(22)15-26)30-16-20(28)13-17-7-8-17/h2-6,9-12,14,17H,7-8,13,16H2,1H3. The number of rotatable bonds is 8. The largest absolute Gasteiger partial charge is 0.497 e. The van der Waals surface area contributed by atoms with Crippen LogP contribution in [0, 0.1) is 17.2 Å². The molecule has 3 aromatic rings. The quantitative estimate of drug-likeness (QED) is 0.439. The lowest BCUT2D eigenvalue weighted by Crippen LogP contribution is -2.04. The van der Waals surface area contributed by atoms with Crippen molar-refractivity contribution in [3.05, 3.63) is 66.2 Å². The zero-order chi connectivity index (χ0) is 20.9. The first-order valence-corrected chi connectivity index (χ1v) is 11.0. The molecule has 1 aliphatic carbocycles. The maximum atomic E-state index is 12.3. The summed E-state index contributed by atoms with van der Waals surface area (Å²) in [5.41, 5.74) is 3.99. The van der Waals surface area contributed by atoms with Crippen molar-refractivity contribution in [1.82, 2.24) is 4.98 Å². The molecule has 1 heterocycles. The first kappa shape index (κ1) is 20.2. The summed E-state index contributed by atoms with van der Waals surface area (Å²) in [6.07, 6.45) is 2.95. The van der Waals surface area contributed by atoms with E-state index in [4.69, 9.17) is 9.72 Å². The van der Waals surface area contributed by atoms with Gasteiger partial charge in [-0.15, -0.1) is 0 Å². The Balaban J connectivity index is 1.74. The minimum Gasteiger partial charge on any atom is -0.497 e. The van der Waals surface area contributed by atoms with Crippen LogP contribution in [-0.4, -0.2) is 23.6 Å². The highest BCUT2D eigenvalue weighted by molar-refractivity contribution is 8.00. The Bertz CT molecular complexity index is 1080. The predicted octanol–water partition coefficient (Wildman–Crippen LogP) is 5.76. The zero-order valence-electron chi connectivity index (χ0n) is 16.8. The molecule has 1 aromatic heterocycles. The number of hydrogen-bond donors (Lipinski definition) is 0. The molecule has 4 rings (SSSR count). The molecule has 0 N–H and O–H groups in total. The van der Waals surface area contributed by atoms with Crippen LogP contribution in [0.15, 0.2) is 65.7 Å². The van der Waals surface area contributed by atoms with E-state index >= 15 is 0 Å². The number of pyridine rings is 1. The van der Waals surface area contributed by atoms with Crippen molar-refractivity contribution >= 4 is 17.5 Å². The molecule has 0 spiro atoms. The number of Topliss-reactive ketones (excluding diaryl/α,β-unsaturated/α-hetero) is 1. The van der Waals surface area contributed by atoms with Crippen LogP contribution in [0.2, 0.25) is 0 Å². The van der Waals surface area contributed by atoms with Gasteiger partial charge in [0.05, 0.1) is 24.1 Å². The summed E-state index contributed by atoms with van der Waals surface area (Å²) < 4.78 is 5.26. The molecule has 1 fully saturated rings. The third-order valence-electron chi connectivity index (χ3n) is 5.15. The normalized spacial score (nSPS) is 12.9. The Hall–Kier alpha value is -3.10. The van der Waals surface area contributed by atoms with Crippen LogP contribution in [0.3, 0.4) is 0 Å². The van der Waals surface area contributed by atoms with E-state index in [-0.39, 0.29) is 5.78 Å². The van der Waals surface area contributed by atoms with Gasteiger partial charge in [-0.3, -0.25) is 4.79 Å². The first-order valence-electron chi connectivity index (χ1n) is 9.97. The molecule has 0 saturated heterocycles. The highest BCUT2D eigenvalue weighted by Gasteiger charge is 2.25. The lowest BCUT2D eigenvalue weighted by molar-refractivity contribution is -0.116. The molecule has 5 heteroatoms. The molecule has 150 valence electrons. The van der Waals surface area contributed by atoms with Gasteiger partial charge in [0, 0.05) is 17.5 Å². The Morgan fingerprint density at radius 2 is 1.87 bits per heavy atom. The van der Waals surface area contributed by atoms with E-state index < -0.39 is 0 Å². The topological polar surface area (TPSA) is 63.0 Å². The van der Waals surface area contributed by atoms with Gasteiger partial charge in [-0.1, -0.05) is 54.2 Å². The van der Waals surface area contributed by atoms with E-state index in [0.717, 1.165) is 41.0 Å². The van der Waals surface area contributed by atoms with E-state index in [1.165, 1.54) is 11.8 Å². The van der Waals surface area contributed by atoms with Gasteiger partial charge in [0.15, 0.2) is 0 Å². The van der Waals surface area contributed by atoms with Crippen molar-refractivity contribution in [3.63, 3.8) is 0 Å². The fourth-order valence-corrected chi connectivity index (χ4v) is 4.22. The first-order chi connectivity index (χ1) is 14.7. The van der Waals surface area contributed by atoms with Crippen LogP contribution in [0.1, 0.15) is 24.8 Å². The van der Waals surface area contributed by atoms with E-state index in [2.05, 4.69) is 6.07 Å². The van der Waals surface area contributed by atoms with Crippen LogP contribution in [-0.2, 0) is 4.79 Å². The van der Waals surface area contributed by atoms with E-state index in [1.54, 1.807) is 7.11 Å². The number of methoxy groups -OCH3 is 1. The maximum absolute atomic E-state index is 12.3. The summed E-state index contributed by atoms with van der Waals surface area (Å²) in [6, 6.07) is 21.8. The van der Waals surface area contributed by atoms with Crippen LogP contribution in [0.4, 0.5) is 0 Å². The summed E-state index contributed by atoms with van der Waals surface area (Å²) >= 11 is 1.37. The molecule has 0 amide bonds. The van der Waals surface area contributed by atoms with Gasteiger partial charge in [-0.25, -0.2) is 4.98 Å². The Morgan fingerprint density at radius 3 is 2.50 bits per heavy atom. The average molecular weight is 415 g/mol. The van der Waals surface area contributed by atoms with Crippen LogP contribution >= 0.6 is 11.8 Å². The predicted molar refractivity (Wildman–Crippen MR) is 119 cm³/mol. The molecule has 0 radical (unpaired) electrons. The Morgan fingerprint density at radius 1 is 1.13 bits per heavy atom. The smallest absolute Gasteiger partial charge is 0.143 e. The molecule has 0 bridgehead atoms. The number of benzene rings is 2. The van der Waals surface area contributed by atoms with Crippen molar-refractivity contribution in [2.75, 3.05) is 12.9 Å². The lowest BCUT2D eigenvalue weighted by Gasteiger charge is -2.13. The van der Waals surface area contributed by atoms with Crippen LogP contribution in [0.5, 0.6) is 5.75 Å². The molecule has 0 aliphatic heterocycles. The summed E-state index contributed by atoms with van der Waals surface area (Å²) in [6.45, 7) is 0. The van der Waals surface area contributed by atoms with E-state index in [1.807, 2.05) is 60.7 Å². The summed E-state index contributed by atoms with van der Waals surface area (Å²) in [7, 11) is 1.63. The fourth-order valence-electron chi connectivity index (χ4n) is 3.34. The zero-order valence-corrected chi connectivity index (χ0v) is 17.6. The molecule has 0 unspecified atom stereocenters. The van der Waals surface area contributed by atoms with Gasteiger partial charge in [0.1, 0.15) is 22.6 Å². The Labute approximate surface area is 180 Å². The van der Waals surface area contributed by atoms with Crippen molar-refractivity contribution < 1.29 is 9.53 Å². The molecule has 1 saturated carbocycles. The summed E-state index contributed by atoms with van der Waals surface area (Å²) in [4.78, 5) is 17.1. The highest BCUT2D eigenvalue weighted by Crippen LogP contribution is 2.36. The van der Waals surface area contributed by atoms with Gasteiger partial charge >= 0.3 is 0 Å². The molecule has 4 nitrogen and oxygen atoms in total. The van der Waals surface area contributed by atoms with E-state index in [0.29, 0.717) is 28.7 Å². The monoisotopic (exact) mass is 414 g/mol. The number of ketones is 1. The average Bonchev–Trinajstić information content (AvgIpc) is 3.61. The summed E-state index contributed by atoms with van der Waals surface area (Å²) in [5.74, 6) is 1.89. The molecule has 2 aromatic carbocycles. The number of hydrogen-bond acceptors (Lipinski definition) is 5. The molecule has 0 atom stereocenters. The summed E-state index contributed by atoms with van der Waals surface area (Å²) in [5, 5.41) is 10.5. The molecular weight excluding hydrogens is 392 g/mol. The van der Waals surface area contributed by atoms with Gasteiger partial charge in [-0.05, 0) is 42.5 Å². The van der Waals surface area contributed by atoms with Crippen LogP contribution < -0.4 is 4.74 Å². The van der Waals surface area contributed by atoms with Gasteiger partial charge in [0.2, 0.25) is 0 Å². The number of nitrogens with zero attached hydrogens (tertiary/aromatic N) is 2. The molecular formula is C25H22N2O2S. The Kier molecular flexibility index (Phi) is 6.15. The number of ether oxygens (including phenoxy) is 1. The molecule has 1 aliphatic rings. The van der Waals surface area contributed by atoms with Crippen LogP contribution in [0.25, 0.3) is 22.4 Å². The third kappa shape index (κ3) is 4.72. The van der Waals surface area contributed by atoms with Crippen molar-refractivity contribution in [3.8, 4) is 34.2 Å². The molecule has 30 heavy (non-hydrogen) atoms. The SMILES string of the molecule is COc1ccc(-c2cc(-c3ccccc3)nc(SCC(=O)CC3CC3)c2C#N)cc1. The number of carbonyl (C=O) groups is 1. The van der Waals surface area contributed by atoms with Gasteiger partial charge in [0.25, 0.3) is 0 Å². The minimum absolute atomic E-state index is 0.226. The maximum Gasteiger partial charge on any atom is 0.143 e. The number of carbonyl (C=O) groups excluding carboxylic acids is 1. The number of nitriles is 1. The van der Waals surface area contributed by atoms with Crippen molar-refractivity contribution in [2.24, 2.45) is 5.92 Å². The second-order valence-corrected chi connectivity index (χ2v) is 8.38. The van der Waals surface area contributed by atoms with Gasteiger partial charge in [-0.2, -0.15) is 5.26 Å². The second-order valence-electron chi connectivity index (χ2n) is 7.42. The van der Waals surface area contributed by atoms with Gasteiger partial charge < -0.3 is 4.74 Å². The van der Waals surface area contributed by atoms with Crippen molar-refractivity contribution in [2.45, 2.75) is 24.3 Å². The lowest BCUT2D eigenvalue weighted by atomic mass is 9.99. The number of aromatic nitrogens is 1. The fraction of sp³-hybridized carbons (Fsp3) is 0.240. The van der Waals surface area contributed by atoms with Crippen molar-refractivity contribution in [1.29, 1.82) is 5.26 Å². The number of thioether (sulfide) groups is 1. The minimum atomic E-state index is 0.226. The third-order valence-corrected chi connectivity index (χ3v) is 6.19. The second kappa shape index (κ2) is 9.15.